The summed E-state index contributed by atoms with van der Waals surface area (Å²) >= 11 is 0. The molecule has 0 atom stereocenters. The van der Waals surface area contributed by atoms with E-state index in [2.05, 4.69) is 12.1 Å². The van der Waals surface area contributed by atoms with E-state index >= 15 is 0 Å². The molecule has 0 heterocycles. The van der Waals surface area contributed by atoms with Crippen LogP contribution >= 0.6 is 12.4 Å². The summed E-state index contributed by atoms with van der Waals surface area (Å²) in [7, 11) is 0. The molecular formula is C11H18ClNO. The number of rotatable bonds is 6. The van der Waals surface area contributed by atoms with Crippen LogP contribution in [-0.4, -0.2) is 13.2 Å². The number of halogens is 1. The summed E-state index contributed by atoms with van der Waals surface area (Å²) in [6.45, 7) is 2.28. The summed E-state index contributed by atoms with van der Waals surface area (Å²) < 4.78 is 5.47. The van der Waals surface area contributed by atoms with Gasteiger partial charge in [0.15, 0.2) is 0 Å². The molecule has 0 aliphatic heterocycles. The first-order valence-electron chi connectivity index (χ1n) is 4.75. The van der Waals surface area contributed by atoms with Crippen molar-refractivity contribution in [2.75, 3.05) is 13.2 Å². The molecule has 0 spiro atoms. The molecule has 0 aliphatic rings. The van der Waals surface area contributed by atoms with Crippen molar-refractivity contribution in [3.8, 4) is 0 Å². The zero-order chi connectivity index (χ0) is 9.36. The Hall–Kier alpha value is -0.570. The lowest BCUT2D eigenvalue weighted by Crippen LogP contribution is -2.01. The Balaban J connectivity index is 0.00000169. The molecule has 80 valence electrons. The molecular weight excluding hydrogens is 198 g/mol. The minimum Gasteiger partial charge on any atom is -0.377 e. The van der Waals surface area contributed by atoms with E-state index in [1.807, 2.05) is 18.2 Å². The van der Waals surface area contributed by atoms with E-state index in [9.17, 15) is 0 Å². The Morgan fingerprint density at radius 1 is 1.07 bits per heavy atom. The minimum absolute atomic E-state index is 0. The summed E-state index contributed by atoms with van der Waals surface area (Å²) in [4.78, 5) is 0. The zero-order valence-electron chi connectivity index (χ0n) is 8.32. The number of nitrogens with two attached hydrogens (primary N) is 1. The Labute approximate surface area is 91.9 Å². The predicted molar refractivity (Wildman–Crippen MR) is 61.6 cm³/mol. The van der Waals surface area contributed by atoms with Crippen molar-refractivity contribution in [3.63, 3.8) is 0 Å². The molecule has 0 aromatic heterocycles. The molecule has 2 N–H and O–H groups in total. The van der Waals surface area contributed by atoms with Gasteiger partial charge in [0.25, 0.3) is 0 Å². The van der Waals surface area contributed by atoms with Crippen LogP contribution in [0.1, 0.15) is 18.4 Å². The van der Waals surface area contributed by atoms with Gasteiger partial charge >= 0.3 is 0 Å². The summed E-state index contributed by atoms with van der Waals surface area (Å²) in [5.74, 6) is 0. The number of unbranched alkanes of at least 4 members (excludes halogenated alkanes) is 1. The number of ether oxygens (including phenoxy) is 1. The van der Waals surface area contributed by atoms with Crippen LogP contribution < -0.4 is 5.73 Å². The van der Waals surface area contributed by atoms with Crippen LogP contribution in [0.5, 0.6) is 0 Å². The fraction of sp³-hybridized carbons (Fsp3) is 0.455. The van der Waals surface area contributed by atoms with Crippen molar-refractivity contribution in [1.82, 2.24) is 0 Å². The molecule has 0 amide bonds. The molecule has 0 saturated heterocycles. The van der Waals surface area contributed by atoms with Gasteiger partial charge in [0, 0.05) is 6.61 Å². The van der Waals surface area contributed by atoms with E-state index in [1.165, 1.54) is 5.56 Å². The summed E-state index contributed by atoms with van der Waals surface area (Å²) in [5, 5.41) is 0. The van der Waals surface area contributed by atoms with E-state index in [1.54, 1.807) is 0 Å². The van der Waals surface area contributed by atoms with Crippen LogP contribution in [0.15, 0.2) is 30.3 Å². The Morgan fingerprint density at radius 3 is 2.43 bits per heavy atom. The van der Waals surface area contributed by atoms with Crippen LogP contribution in [-0.2, 0) is 11.3 Å². The predicted octanol–water partition coefficient (Wildman–Crippen LogP) is 2.36. The second kappa shape index (κ2) is 9.00. The van der Waals surface area contributed by atoms with Crippen LogP contribution in [0.2, 0.25) is 0 Å². The fourth-order valence-corrected chi connectivity index (χ4v) is 1.11. The quantitative estimate of drug-likeness (QED) is 0.740. The monoisotopic (exact) mass is 215 g/mol. The fourth-order valence-electron chi connectivity index (χ4n) is 1.11. The largest absolute Gasteiger partial charge is 0.377 e. The first-order chi connectivity index (χ1) is 6.43. The topological polar surface area (TPSA) is 35.2 Å². The smallest absolute Gasteiger partial charge is 0.0716 e. The van der Waals surface area contributed by atoms with Crippen molar-refractivity contribution in [2.24, 2.45) is 5.73 Å². The van der Waals surface area contributed by atoms with Gasteiger partial charge in [-0.25, -0.2) is 0 Å². The standard InChI is InChI=1S/C11H17NO.ClH/c12-8-4-5-9-13-10-11-6-2-1-3-7-11;/h1-3,6-7H,4-5,8-10,12H2;1H. The maximum absolute atomic E-state index is 5.47. The lowest BCUT2D eigenvalue weighted by atomic mass is 10.2. The number of hydrogen-bond acceptors (Lipinski definition) is 2. The van der Waals surface area contributed by atoms with E-state index in [0.717, 1.165) is 26.0 Å². The van der Waals surface area contributed by atoms with Crippen molar-refractivity contribution < 1.29 is 4.74 Å². The number of benzene rings is 1. The van der Waals surface area contributed by atoms with E-state index in [-0.39, 0.29) is 12.4 Å². The Bertz CT molecular complexity index is 216. The molecule has 14 heavy (non-hydrogen) atoms. The van der Waals surface area contributed by atoms with Gasteiger partial charge in [0.2, 0.25) is 0 Å². The molecule has 0 bridgehead atoms. The third-order valence-corrected chi connectivity index (χ3v) is 1.85. The van der Waals surface area contributed by atoms with Crippen LogP contribution in [0.3, 0.4) is 0 Å². The first kappa shape index (κ1) is 13.4. The third-order valence-electron chi connectivity index (χ3n) is 1.85. The molecule has 3 heteroatoms. The van der Waals surface area contributed by atoms with Crippen molar-refractivity contribution >= 4 is 12.4 Å². The van der Waals surface area contributed by atoms with Crippen molar-refractivity contribution in [1.29, 1.82) is 0 Å². The van der Waals surface area contributed by atoms with E-state index in [4.69, 9.17) is 10.5 Å². The van der Waals surface area contributed by atoms with Gasteiger partial charge in [-0.1, -0.05) is 30.3 Å². The number of hydrogen-bond donors (Lipinski definition) is 1. The van der Waals surface area contributed by atoms with Crippen molar-refractivity contribution in [3.05, 3.63) is 35.9 Å². The van der Waals surface area contributed by atoms with Gasteiger partial charge in [0.05, 0.1) is 6.61 Å². The van der Waals surface area contributed by atoms with Gasteiger partial charge in [-0.3, -0.25) is 0 Å². The molecule has 1 rings (SSSR count). The maximum Gasteiger partial charge on any atom is 0.0716 e. The van der Waals surface area contributed by atoms with Gasteiger partial charge in [-0.2, -0.15) is 0 Å². The molecule has 0 unspecified atom stereocenters. The van der Waals surface area contributed by atoms with Gasteiger partial charge in [-0.05, 0) is 24.9 Å². The van der Waals surface area contributed by atoms with Crippen molar-refractivity contribution in [2.45, 2.75) is 19.4 Å². The molecule has 1 aromatic rings. The summed E-state index contributed by atoms with van der Waals surface area (Å²) in [5.41, 5.74) is 6.60. The highest BCUT2D eigenvalue weighted by molar-refractivity contribution is 5.85. The highest BCUT2D eigenvalue weighted by atomic mass is 35.5. The lowest BCUT2D eigenvalue weighted by molar-refractivity contribution is 0.117. The minimum atomic E-state index is 0. The third kappa shape index (κ3) is 5.97. The normalized spacial score (nSPS) is 9.50. The molecule has 0 fully saturated rings. The maximum atomic E-state index is 5.47. The Morgan fingerprint density at radius 2 is 1.79 bits per heavy atom. The molecule has 0 saturated carbocycles. The highest BCUT2D eigenvalue weighted by Crippen LogP contribution is 2.00. The van der Waals surface area contributed by atoms with Gasteiger partial charge in [-0.15, -0.1) is 12.4 Å². The lowest BCUT2D eigenvalue weighted by Gasteiger charge is -2.02. The van der Waals surface area contributed by atoms with Gasteiger partial charge in [0.1, 0.15) is 0 Å². The second-order valence-corrected chi connectivity index (χ2v) is 3.03. The first-order valence-corrected chi connectivity index (χ1v) is 4.75. The van der Waals surface area contributed by atoms with E-state index in [0.29, 0.717) is 6.61 Å². The van der Waals surface area contributed by atoms with Crippen LogP contribution in [0, 0.1) is 0 Å². The highest BCUT2D eigenvalue weighted by Gasteiger charge is 1.90. The Kier molecular flexibility index (Phi) is 8.64. The van der Waals surface area contributed by atoms with Crippen LogP contribution in [0.4, 0.5) is 0 Å². The molecule has 2 nitrogen and oxygen atoms in total. The van der Waals surface area contributed by atoms with Crippen LogP contribution in [0.25, 0.3) is 0 Å². The average molecular weight is 216 g/mol. The molecule has 0 radical (unpaired) electrons. The second-order valence-electron chi connectivity index (χ2n) is 3.03. The van der Waals surface area contributed by atoms with E-state index < -0.39 is 0 Å². The summed E-state index contributed by atoms with van der Waals surface area (Å²) in [6.07, 6.45) is 2.11. The molecule has 1 aromatic carbocycles. The zero-order valence-corrected chi connectivity index (χ0v) is 9.13. The molecule has 0 aliphatic carbocycles. The average Bonchev–Trinajstić information content (AvgIpc) is 2.19. The van der Waals surface area contributed by atoms with Gasteiger partial charge < -0.3 is 10.5 Å². The SMILES string of the molecule is Cl.NCCCCOCc1ccccc1. The summed E-state index contributed by atoms with van der Waals surface area (Å²) in [6, 6.07) is 10.2.